The Balaban J connectivity index is 3.87. The Morgan fingerprint density at radius 1 is 1.50 bits per heavy atom. The van der Waals surface area contributed by atoms with Gasteiger partial charge in [0.15, 0.2) is 0 Å². The van der Waals surface area contributed by atoms with Gasteiger partial charge in [0.1, 0.15) is 0 Å². The average Bonchev–Trinajstić information content (AvgIpc) is 2.02. The molecule has 0 aliphatic rings. The van der Waals surface area contributed by atoms with Crippen molar-refractivity contribution in [2.24, 2.45) is 5.92 Å². The highest BCUT2D eigenvalue weighted by Gasteiger charge is 2.13. The molecule has 0 aromatic carbocycles. The van der Waals surface area contributed by atoms with Gasteiger partial charge in [-0.1, -0.05) is 31.6 Å². The van der Waals surface area contributed by atoms with E-state index in [0.29, 0.717) is 5.92 Å². The first-order chi connectivity index (χ1) is 6.37. The van der Waals surface area contributed by atoms with Crippen LogP contribution in [0.2, 0.25) is 0 Å². The van der Waals surface area contributed by atoms with Crippen molar-refractivity contribution in [3.8, 4) is 0 Å². The summed E-state index contributed by atoms with van der Waals surface area (Å²) in [6.45, 7) is 12.0. The van der Waals surface area contributed by atoms with Crippen molar-refractivity contribution in [3.05, 3.63) is 24.3 Å². The molecule has 0 rings (SSSR count). The summed E-state index contributed by atoms with van der Waals surface area (Å²) in [7, 11) is 0. The summed E-state index contributed by atoms with van der Waals surface area (Å²) in [6, 6.07) is 0. The molecule has 14 heavy (non-hydrogen) atoms. The molecule has 0 aliphatic heterocycles. The first-order valence-corrected chi connectivity index (χ1v) is 5.39. The van der Waals surface area contributed by atoms with E-state index < -0.39 is 5.60 Å². The molecule has 0 bridgehead atoms. The van der Waals surface area contributed by atoms with Crippen molar-refractivity contribution >= 4 is 0 Å². The van der Waals surface area contributed by atoms with Crippen LogP contribution >= 0.6 is 0 Å². The fraction of sp³-hybridized carbons (Fsp3) is 0.692. The van der Waals surface area contributed by atoms with Gasteiger partial charge in [-0.2, -0.15) is 0 Å². The zero-order valence-electron chi connectivity index (χ0n) is 10.0. The lowest BCUT2D eigenvalue weighted by molar-refractivity contribution is 0.103. The number of hydrogen-bond acceptors (Lipinski definition) is 1. The molecule has 0 aromatic heterocycles. The molecule has 82 valence electrons. The van der Waals surface area contributed by atoms with Gasteiger partial charge in [-0.15, -0.1) is 6.58 Å². The monoisotopic (exact) mass is 196 g/mol. The van der Waals surface area contributed by atoms with Crippen molar-refractivity contribution in [2.75, 3.05) is 0 Å². The highest BCUT2D eigenvalue weighted by molar-refractivity contribution is 5.01. The first kappa shape index (κ1) is 13.4. The molecule has 0 heterocycles. The predicted molar refractivity (Wildman–Crippen MR) is 63.3 cm³/mol. The molecular formula is C13H24O. The van der Waals surface area contributed by atoms with Crippen molar-refractivity contribution in [1.29, 1.82) is 0 Å². The van der Waals surface area contributed by atoms with E-state index in [-0.39, 0.29) is 0 Å². The molecule has 0 fully saturated rings. The van der Waals surface area contributed by atoms with Gasteiger partial charge in [-0.05, 0) is 39.0 Å². The minimum Gasteiger partial charge on any atom is -0.386 e. The van der Waals surface area contributed by atoms with Crippen LogP contribution in [-0.4, -0.2) is 10.7 Å². The van der Waals surface area contributed by atoms with Crippen LogP contribution in [0.15, 0.2) is 24.3 Å². The van der Waals surface area contributed by atoms with Gasteiger partial charge < -0.3 is 5.11 Å². The Morgan fingerprint density at radius 2 is 2.07 bits per heavy atom. The Bertz CT molecular complexity index is 199. The van der Waals surface area contributed by atoms with Crippen molar-refractivity contribution in [3.63, 3.8) is 0 Å². The average molecular weight is 196 g/mol. The molecule has 0 spiro atoms. The second kappa shape index (κ2) is 6.02. The van der Waals surface area contributed by atoms with Crippen molar-refractivity contribution in [2.45, 2.75) is 52.6 Å². The molecule has 0 radical (unpaired) electrons. The van der Waals surface area contributed by atoms with E-state index in [1.165, 1.54) is 5.57 Å². The Kier molecular flexibility index (Phi) is 5.78. The molecule has 1 unspecified atom stereocenters. The maximum atomic E-state index is 9.67. The second-order valence-electron chi connectivity index (χ2n) is 4.75. The lowest BCUT2D eigenvalue weighted by Crippen LogP contribution is -2.19. The van der Waals surface area contributed by atoms with Gasteiger partial charge in [-0.25, -0.2) is 0 Å². The SMILES string of the molecule is C=CC(C)(O)CCC=C(C)CC(C)C. The van der Waals surface area contributed by atoms with Gasteiger partial charge in [0.05, 0.1) is 5.60 Å². The summed E-state index contributed by atoms with van der Waals surface area (Å²) in [5.74, 6) is 0.714. The van der Waals surface area contributed by atoms with E-state index in [1.807, 2.05) is 0 Å². The van der Waals surface area contributed by atoms with Gasteiger partial charge in [-0.3, -0.25) is 0 Å². The van der Waals surface area contributed by atoms with Gasteiger partial charge >= 0.3 is 0 Å². The summed E-state index contributed by atoms with van der Waals surface area (Å²) in [5, 5.41) is 9.67. The van der Waals surface area contributed by atoms with Crippen LogP contribution < -0.4 is 0 Å². The molecule has 0 aromatic rings. The van der Waals surface area contributed by atoms with Crippen LogP contribution in [0.25, 0.3) is 0 Å². The molecule has 0 aliphatic carbocycles. The van der Waals surface area contributed by atoms with Gasteiger partial charge in [0, 0.05) is 0 Å². The molecule has 0 saturated heterocycles. The Morgan fingerprint density at radius 3 is 2.50 bits per heavy atom. The number of rotatable bonds is 6. The molecule has 1 nitrogen and oxygen atoms in total. The van der Waals surface area contributed by atoms with Crippen molar-refractivity contribution in [1.82, 2.24) is 0 Å². The topological polar surface area (TPSA) is 20.2 Å². The van der Waals surface area contributed by atoms with Crippen molar-refractivity contribution < 1.29 is 5.11 Å². The van der Waals surface area contributed by atoms with E-state index in [2.05, 4.69) is 33.4 Å². The third-order valence-corrected chi connectivity index (χ3v) is 2.31. The van der Waals surface area contributed by atoms with Crippen LogP contribution in [0, 0.1) is 5.92 Å². The molecular weight excluding hydrogens is 172 g/mol. The quantitative estimate of drug-likeness (QED) is 0.642. The maximum absolute atomic E-state index is 9.67. The number of aliphatic hydroxyl groups is 1. The first-order valence-electron chi connectivity index (χ1n) is 5.39. The van der Waals surface area contributed by atoms with E-state index in [1.54, 1.807) is 13.0 Å². The van der Waals surface area contributed by atoms with Crippen LogP contribution in [0.1, 0.15) is 47.0 Å². The standard InChI is InChI=1S/C13H24O/c1-6-13(5,14)9-7-8-12(4)10-11(2)3/h6,8,11,14H,1,7,9-10H2,2-5H3. The molecule has 0 saturated carbocycles. The van der Waals surface area contributed by atoms with E-state index in [4.69, 9.17) is 0 Å². The van der Waals surface area contributed by atoms with Crippen LogP contribution in [0.4, 0.5) is 0 Å². The Hall–Kier alpha value is -0.560. The summed E-state index contributed by atoms with van der Waals surface area (Å²) in [4.78, 5) is 0. The molecule has 1 heteroatoms. The predicted octanol–water partition coefficient (Wildman–Crippen LogP) is 3.70. The van der Waals surface area contributed by atoms with Gasteiger partial charge in [0.2, 0.25) is 0 Å². The second-order valence-corrected chi connectivity index (χ2v) is 4.75. The third-order valence-electron chi connectivity index (χ3n) is 2.31. The fourth-order valence-corrected chi connectivity index (χ4v) is 1.44. The summed E-state index contributed by atoms with van der Waals surface area (Å²) in [6.07, 6.45) is 6.66. The highest BCUT2D eigenvalue weighted by Crippen LogP contribution is 2.16. The third kappa shape index (κ3) is 6.90. The normalized spacial score (nSPS) is 16.9. The Labute approximate surface area is 88.5 Å². The minimum absolute atomic E-state index is 0.714. The highest BCUT2D eigenvalue weighted by atomic mass is 16.3. The molecule has 1 N–H and O–H groups in total. The zero-order valence-corrected chi connectivity index (χ0v) is 10.0. The largest absolute Gasteiger partial charge is 0.386 e. The van der Waals surface area contributed by atoms with Crippen LogP contribution in [-0.2, 0) is 0 Å². The summed E-state index contributed by atoms with van der Waals surface area (Å²) in [5.41, 5.74) is 0.703. The smallest absolute Gasteiger partial charge is 0.0800 e. The molecule has 1 atom stereocenters. The summed E-state index contributed by atoms with van der Waals surface area (Å²) < 4.78 is 0. The van der Waals surface area contributed by atoms with Gasteiger partial charge in [0.25, 0.3) is 0 Å². The lowest BCUT2D eigenvalue weighted by atomic mass is 9.98. The van der Waals surface area contributed by atoms with Crippen LogP contribution in [0.5, 0.6) is 0 Å². The minimum atomic E-state index is -0.714. The zero-order chi connectivity index (χ0) is 11.2. The van der Waals surface area contributed by atoms with Crippen LogP contribution in [0.3, 0.4) is 0 Å². The van der Waals surface area contributed by atoms with E-state index >= 15 is 0 Å². The molecule has 0 amide bonds. The number of allylic oxidation sites excluding steroid dienone is 2. The fourth-order valence-electron chi connectivity index (χ4n) is 1.44. The summed E-state index contributed by atoms with van der Waals surface area (Å²) >= 11 is 0. The van der Waals surface area contributed by atoms with E-state index in [9.17, 15) is 5.11 Å². The van der Waals surface area contributed by atoms with E-state index in [0.717, 1.165) is 19.3 Å². The lowest BCUT2D eigenvalue weighted by Gasteiger charge is -2.17. The number of hydrogen-bond donors (Lipinski definition) is 1. The maximum Gasteiger partial charge on any atom is 0.0800 e.